The lowest BCUT2D eigenvalue weighted by molar-refractivity contribution is -0.145. The summed E-state index contributed by atoms with van der Waals surface area (Å²) >= 11 is 0. The van der Waals surface area contributed by atoms with Gasteiger partial charge >= 0.3 is 0 Å². The molecule has 1 rings (SSSR count). The van der Waals surface area contributed by atoms with E-state index in [2.05, 4.69) is 33.9 Å². The van der Waals surface area contributed by atoms with E-state index in [0.717, 1.165) is 0 Å². The number of hydrogen-bond donors (Lipinski definition) is 0. The fraction of sp³-hybridized carbons (Fsp3) is 0.824. The molecule has 0 bridgehead atoms. The molecule has 0 amide bonds. The topological polar surface area (TPSA) is 44.8 Å². The van der Waals surface area contributed by atoms with Crippen molar-refractivity contribution in [1.82, 2.24) is 0 Å². The number of ether oxygens (including phenoxy) is 2. The summed E-state index contributed by atoms with van der Waals surface area (Å²) in [6.07, 6.45) is -0.0988. The molecule has 0 radical (unpaired) electrons. The standard InChI is InChI=1S/C17H32O4Si/c1-11(2)19-13-14(18)17(8,15(13)20-12(3)4)21-22(9,10)16(5,6)7/h11-12H,1-10H3. The van der Waals surface area contributed by atoms with Crippen molar-refractivity contribution >= 4 is 14.1 Å². The predicted molar refractivity (Wildman–Crippen MR) is 91.2 cm³/mol. The van der Waals surface area contributed by atoms with Crippen LogP contribution in [0.5, 0.6) is 0 Å². The van der Waals surface area contributed by atoms with Crippen LogP contribution in [0.4, 0.5) is 0 Å². The zero-order chi connectivity index (χ0) is 17.5. The van der Waals surface area contributed by atoms with Crippen molar-refractivity contribution < 1.29 is 18.7 Å². The Labute approximate surface area is 136 Å². The molecule has 0 aromatic heterocycles. The molecular formula is C17H32O4Si. The van der Waals surface area contributed by atoms with Gasteiger partial charge in [0.15, 0.2) is 19.7 Å². The van der Waals surface area contributed by atoms with Crippen LogP contribution in [0.25, 0.3) is 0 Å². The number of hydrogen-bond acceptors (Lipinski definition) is 4. The average Bonchev–Trinajstić information content (AvgIpc) is 2.30. The Morgan fingerprint density at radius 3 is 1.82 bits per heavy atom. The highest BCUT2D eigenvalue weighted by atomic mass is 28.4. The van der Waals surface area contributed by atoms with Gasteiger partial charge < -0.3 is 13.9 Å². The maximum Gasteiger partial charge on any atom is 0.239 e. The number of carbonyl (C=O) groups is 1. The normalized spacial score (nSPS) is 23.2. The minimum Gasteiger partial charge on any atom is -0.488 e. The van der Waals surface area contributed by atoms with E-state index in [4.69, 9.17) is 13.9 Å². The summed E-state index contributed by atoms with van der Waals surface area (Å²) in [5.41, 5.74) is -1.02. The van der Waals surface area contributed by atoms with Gasteiger partial charge in [0.2, 0.25) is 11.5 Å². The molecule has 1 aliphatic carbocycles. The van der Waals surface area contributed by atoms with Crippen molar-refractivity contribution in [2.75, 3.05) is 0 Å². The van der Waals surface area contributed by atoms with E-state index in [1.54, 1.807) is 6.92 Å². The zero-order valence-corrected chi connectivity index (χ0v) is 16.8. The average molecular weight is 329 g/mol. The molecular weight excluding hydrogens is 296 g/mol. The minimum atomic E-state index is -2.10. The van der Waals surface area contributed by atoms with Crippen molar-refractivity contribution in [2.45, 2.75) is 91.3 Å². The molecule has 1 atom stereocenters. The molecule has 1 aliphatic rings. The van der Waals surface area contributed by atoms with E-state index >= 15 is 0 Å². The Kier molecular flexibility index (Phi) is 5.25. The predicted octanol–water partition coefficient (Wildman–Crippen LogP) is 4.41. The maximum atomic E-state index is 12.6. The lowest BCUT2D eigenvalue weighted by atomic mass is 9.84. The van der Waals surface area contributed by atoms with Crippen LogP contribution in [0.1, 0.15) is 55.4 Å². The lowest BCUT2D eigenvalue weighted by Crippen LogP contribution is -2.59. The quantitative estimate of drug-likeness (QED) is 0.677. The Hall–Kier alpha value is -0.813. The number of Topliss-reactive ketones (excluding diaryl/α,β-unsaturated/α-hetero) is 1. The van der Waals surface area contributed by atoms with Crippen molar-refractivity contribution in [1.29, 1.82) is 0 Å². The molecule has 4 nitrogen and oxygen atoms in total. The Bertz CT molecular complexity index is 472. The summed E-state index contributed by atoms with van der Waals surface area (Å²) in [4.78, 5) is 12.6. The van der Waals surface area contributed by atoms with Crippen LogP contribution in [0.3, 0.4) is 0 Å². The van der Waals surface area contributed by atoms with Gasteiger partial charge in [-0.3, -0.25) is 4.79 Å². The minimum absolute atomic E-state index is 0.0217. The number of carbonyl (C=O) groups excluding carboxylic acids is 1. The van der Waals surface area contributed by atoms with Crippen LogP contribution in [0.15, 0.2) is 11.5 Å². The SMILES string of the molecule is CC(C)OC1=C(OC(C)C)C(C)(O[Si](C)(C)C(C)(C)C)C1=O. The van der Waals surface area contributed by atoms with Gasteiger partial charge in [0.1, 0.15) is 0 Å². The summed E-state index contributed by atoms with van der Waals surface area (Å²) in [7, 11) is -2.10. The monoisotopic (exact) mass is 328 g/mol. The summed E-state index contributed by atoms with van der Waals surface area (Å²) in [5.74, 6) is 0.762. The first-order chi connectivity index (χ1) is 9.72. The first-order valence-electron chi connectivity index (χ1n) is 8.05. The van der Waals surface area contributed by atoms with E-state index in [0.29, 0.717) is 11.5 Å². The second-order valence-electron chi connectivity index (χ2n) is 8.22. The fourth-order valence-corrected chi connectivity index (χ4v) is 3.59. The molecule has 0 heterocycles. The second-order valence-corrected chi connectivity index (χ2v) is 12.9. The maximum absolute atomic E-state index is 12.6. The van der Waals surface area contributed by atoms with Crippen LogP contribution < -0.4 is 0 Å². The van der Waals surface area contributed by atoms with Crippen LogP contribution in [0.2, 0.25) is 18.1 Å². The van der Waals surface area contributed by atoms with Gasteiger partial charge in [-0.15, -0.1) is 0 Å². The highest BCUT2D eigenvalue weighted by Gasteiger charge is 2.59. The van der Waals surface area contributed by atoms with Crippen LogP contribution in [-0.2, 0) is 18.7 Å². The molecule has 5 heteroatoms. The second kappa shape index (κ2) is 6.00. The van der Waals surface area contributed by atoms with Crippen LogP contribution in [-0.4, -0.2) is 31.9 Å². The highest BCUT2D eigenvalue weighted by molar-refractivity contribution is 6.74. The zero-order valence-electron chi connectivity index (χ0n) is 15.8. The summed E-state index contributed by atoms with van der Waals surface area (Å²) in [5, 5.41) is 0.0217. The molecule has 1 unspecified atom stereocenters. The molecule has 0 saturated carbocycles. The molecule has 0 fully saturated rings. The highest BCUT2D eigenvalue weighted by Crippen LogP contribution is 2.47. The molecule has 0 aliphatic heterocycles. The lowest BCUT2D eigenvalue weighted by Gasteiger charge is -2.48. The molecule has 0 spiro atoms. The van der Waals surface area contributed by atoms with Crippen LogP contribution in [0, 0.1) is 0 Å². The van der Waals surface area contributed by atoms with Crippen molar-refractivity contribution in [3.8, 4) is 0 Å². The molecule has 0 saturated heterocycles. The van der Waals surface area contributed by atoms with Crippen molar-refractivity contribution in [3.63, 3.8) is 0 Å². The third-order valence-corrected chi connectivity index (χ3v) is 8.78. The van der Waals surface area contributed by atoms with Gasteiger partial charge in [0.25, 0.3) is 0 Å². The fourth-order valence-electron chi connectivity index (χ4n) is 2.08. The Morgan fingerprint density at radius 1 is 1.00 bits per heavy atom. The van der Waals surface area contributed by atoms with E-state index < -0.39 is 13.9 Å². The van der Waals surface area contributed by atoms with E-state index in [-0.39, 0.29) is 23.0 Å². The van der Waals surface area contributed by atoms with E-state index in [1.165, 1.54) is 0 Å². The molecule has 22 heavy (non-hydrogen) atoms. The van der Waals surface area contributed by atoms with Gasteiger partial charge in [-0.25, -0.2) is 0 Å². The first kappa shape index (κ1) is 19.2. The van der Waals surface area contributed by atoms with Gasteiger partial charge in [-0.2, -0.15) is 0 Å². The third kappa shape index (κ3) is 3.57. The summed E-state index contributed by atoms with van der Waals surface area (Å²) in [6, 6.07) is 0. The number of ketones is 1. The molecule has 0 aromatic carbocycles. The Morgan fingerprint density at radius 2 is 1.45 bits per heavy atom. The molecule has 0 aromatic rings. The van der Waals surface area contributed by atoms with E-state index in [9.17, 15) is 4.79 Å². The van der Waals surface area contributed by atoms with Crippen molar-refractivity contribution in [2.24, 2.45) is 0 Å². The van der Waals surface area contributed by atoms with Gasteiger partial charge in [0, 0.05) is 0 Å². The van der Waals surface area contributed by atoms with Crippen LogP contribution >= 0.6 is 0 Å². The molecule has 128 valence electrons. The van der Waals surface area contributed by atoms with Gasteiger partial charge in [0.05, 0.1) is 12.2 Å². The van der Waals surface area contributed by atoms with Gasteiger partial charge in [-0.1, -0.05) is 20.8 Å². The molecule has 0 N–H and O–H groups in total. The Balaban J connectivity index is 3.16. The van der Waals surface area contributed by atoms with E-state index in [1.807, 2.05) is 27.7 Å². The first-order valence-corrected chi connectivity index (χ1v) is 11.0. The number of rotatable bonds is 6. The largest absolute Gasteiger partial charge is 0.488 e. The summed E-state index contributed by atoms with van der Waals surface area (Å²) < 4.78 is 17.9. The van der Waals surface area contributed by atoms with Gasteiger partial charge in [-0.05, 0) is 52.8 Å². The smallest absolute Gasteiger partial charge is 0.239 e. The van der Waals surface area contributed by atoms with Crippen molar-refractivity contribution in [3.05, 3.63) is 11.5 Å². The summed E-state index contributed by atoms with van der Waals surface area (Å²) in [6.45, 7) is 20.2. The third-order valence-electron chi connectivity index (χ3n) is 4.25.